The van der Waals surface area contributed by atoms with Gasteiger partial charge in [0.2, 0.25) is 5.91 Å². The summed E-state index contributed by atoms with van der Waals surface area (Å²) >= 11 is 0. The van der Waals surface area contributed by atoms with Crippen molar-refractivity contribution in [1.29, 1.82) is 0 Å². The number of nitrogens with one attached hydrogen (secondary N) is 1. The smallest absolute Gasteiger partial charge is 0.244 e. The molecule has 0 heterocycles. The van der Waals surface area contributed by atoms with Crippen LogP contribution in [0.3, 0.4) is 0 Å². The highest BCUT2D eigenvalue weighted by molar-refractivity contribution is 5.91. The maximum Gasteiger partial charge on any atom is 0.244 e. The quantitative estimate of drug-likeness (QED) is 0.765. The summed E-state index contributed by atoms with van der Waals surface area (Å²) in [4.78, 5) is 11.5. The van der Waals surface area contributed by atoms with E-state index in [0.717, 1.165) is 24.3 Å². The molecule has 0 aliphatic rings. The molecule has 1 aromatic rings. The molecule has 0 saturated heterocycles. The molecular formula is C16H23NO2. The van der Waals surface area contributed by atoms with Crippen molar-refractivity contribution in [1.82, 2.24) is 5.32 Å². The van der Waals surface area contributed by atoms with Crippen molar-refractivity contribution in [3.63, 3.8) is 0 Å². The molecule has 3 heteroatoms. The Bertz CT molecular complexity index is 407. The molecule has 1 aromatic carbocycles. The van der Waals surface area contributed by atoms with E-state index in [1.807, 2.05) is 24.3 Å². The van der Waals surface area contributed by atoms with E-state index >= 15 is 0 Å². The van der Waals surface area contributed by atoms with Gasteiger partial charge in [0, 0.05) is 12.6 Å². The first kappa shape index (κ1) is 15.3. The highest BCUT2D eigenvalue weighted by atomic mass is 16.5. The minimum atomic E-state index is -0.0555. The summed E-state index contributed by atoms with van der Waals surface area (Å²) in [6.45, 7) is 7.64. The van der Waals surface area contributed by atoms with Gasteiger partial charge < -0.3 is 10.1 Å². The van der Waals surface area contributed by atoms with Gasteiger partial charge in [0.15, 0.2) is 0 Å². The molecule has 0 aliphatic heterocycles. The molecule has 0 saturated carbocycles. The molecule has 0 atom stereocenters. The van der Waals surface area contributed by atoms with Crippen LogP contribution in [0.15, 0.2) is 30.3 Å². The van der Waals surface area contributed by atoms with Crippen LogP contribution >= 0.6 is 0 Å². The predicted molar refractivity (Wildman–Crippen MR) is 79.1 cm³/mol. The third-order valence-electron chi connectivity index (χ3n) is 2.46. The first-order chi connectivity index (χ1) is 9.11. The second-order valence-electron chi connectivity index (χ2n) is 4.89. The number of hydrogen-bond donors (Lipinski definition) is 1. The van der Waals surface area contributed by atoms with Crippen LogP contribution < -0.4 is 10.1 Å². The molecule has 0 bridgehead atoms. The number of amides is 1. The lowest BCUT2D eigenvalue weighted by atomic mass is 10.2. The summed E-state index contributed by atoms with van der Waals surface area (Å²) in [6, 6.07) is 7.72. The second kappa shape index (κ2) is 8.35. The average Bonchev–Trinajstić information content (AvgIpc) is 2.41. The molecule has 104 valence electrons. The Morgan fingerprint density at radius 3 is 2.58 bits per heavy atom. The lowest BCUT2D eigenvalue weighted by Gasteiger charge is -2.05. The summed E-state index contributed by atoms with van der Waals surface area (Å²) in [5.74, 6) is 1.27. The van der Waals surface area contributed by atoms with E-state index in [0.29, 0.717) is 12.5 Å². The Morgan fingerprint density at radius 2 is 2.00 bits per heavy atom. The van der Waals surface area contributed by atoms with Crippen molar-refractivity contribution in [2.75, 3.05) is 13.2 Å². The molecule has 0 spiro atoms. The van der Waals surface area contributed by atoms with Crippen LogP contribution in [0.4, 0.5) is 0 Å². The van der Waals surface area contributed by atoms with Crippen molar-refractivity contribution in [2.24, 2.45) is 5.92 Å². The molecule has 0 unspecified atom stereocenters. The van der Waals surface area contributed by atoms with Gasteiger partial charge >= 0.3 is 0 Å². The molecule has 0 fully saturated rings. The first-order valence-corrected chi connectivity index (χ1v) is 6.80. The Balaban J connectivity index is 2.45. The van der Waals surface area contributed by atoms with E-state index in [9.17, 15) is 4.79 Å². The molecular weight excluding hydrogens is 238 g/mol. The van der Waals surface area contributed by atoms with Crippen LogP contribution in [-0.2, 0) is 4.79 Å². The zero-order valence-electron chi connectivity index (χ0n) is 12.0. The molecule has 0 radical (unpaired) electrons. The van der Waals surface area contributed by atoms with Crippen LogP contribution in [0.2, 0.25) is 0 Å². The minimum Gasteiger partial charge on any atom is -0.494 e. The molecule has 1 N–H and O–H groups in total. The normalized spacial score (nSPS) is 10.9. The lowest BCUT2D eigenvalue weighted by molar-refractivity contribution is -0.116. The Kier molecular flexibility index (Phi) is 6.72. The fourth-order valence-electron chi connectivity index (χ4n) is 1.43. The monoisotopic (exact) mass is 261 g/mol. The van der Waals surface area contributed by atoms with E-state index in [1.54, 1.807) is 12.2 Å². The van der Waals surface area contributed by atoms with Crippen molar-refractivity contribution in [2.45, 2.75) is 27.2 Å². The molecule has 0 aromatic heterocycles. The average molecular weight is 261 g/mol. The summed E-state index contributed by atoms with van der Waals surface area (Å²) in [5.41, 5.74) is 0.989. The van der Waals surface area contributed by atoms with Gasteiger partial charge in [-0.3, -0.25) is 4.79 Å². The minimum absolute atomic E-state index is 0.0555. The van der Waals surface area contributed by atoms with Gasteiger partial charge in [-0.05, 0) is 36.1 Å². The van der Waals surface area contributed by atoms with Crippen LogP contribution in [-0.4, -0.2) is 19.1 Å². The third kappa shape index (κ3) is 6.65. The highest BCUT2D eigenvalue weighted by Gasteiger charge is 1.97. The molecule has 19 heavy (non-hydrogen) atoms. The zero-order valence-corrected chi connectivity index (χ0v) is 12.0. The van der Waals surface area contributed by atoms with E-state index < -0.39 is 0 Å². The van der Waals surface area contributed by atoms with Crippen LogP contribution in [0.25, 0.3) is 6.08 Å². The van der Waals surface area contributed by atoms with Gasteiger partial charge in [-0.15, -0.1) is 0 Å². The van der Waals surface area contributed by atoms with Crippen molar-refractivity contribution >= 4 is 12.0 Å². The first-order valence-electron chi connectivity index (χ1n) is 6.80. The maximum atomic E-state index is 11.5. The fourth-order valence-corrected chi connectivity index (χ4v) is 1.43. The van der Waals surface area contributed by atoms with E-state index in [-0.39, 0.29) is 5.91 Å². The fraction of sp³-hybridized carbons (Fsp3) is 0.438. The molecule has 3 nitrogen and oxygen atoms in total. The maximum absolute atomic E-state index is 11.5. The SMILES string of the molecule is CCCOc1ccc(/C=C/C(=O)NCC(C)C)cc1. The Morgan fingerprint density at radius 1 is 1.32 bits per heavy atom. The van der Waals surface area contributed by atoms with Crippen molar-refractivity contribution < 1.29 is 9.53 Å². The summed E-state index contributed by atoms with van der Waals surface area (Å²) in [5, 5.41) is 2.84. The van der Waals surface area contributed by atoms with E-state index in [2.05, 4.69) is 26.1 Å². The number of carbonyl (C=O) groups is 1. The van der Waals surface area contributed by atoms with Crippen molar-refractivity contribution in [3.05, 3.63) is 35.9 Å². The number of ether oxygens (including phenoxy) is 1. The molecule has 1 amide bonds. The van der Waals surface area contributed by atoms with Gasteiger partial charge in [0.1, 0.15) is 5.75 Å². The standard InChI is InChI=1S/C16H23NO2/c1-4-11-19-15-8-5-14(6-9-15)7-10-16(18)17-12-13(2)3/h5-10,13H,4,11-12H2,1-3H3,(H,17,18)/b10-7+. The summed E-state index contributed by atoms with van der Waals surface area (Å²) < 4.78 is 5.50. The Hall–Kier alpha value is -1.77. The van der Waals surface area contributed by atoms with Gasteiger partial charge in [-0.25, -0.2) is 0 Å². The zero-order chi connectivity index (χ0) is 14.1. The molecule has 0 aliphatic carbocycles. The van der Waals surface area contributed by atoms with Crippen LogP contribution in [0.5, 0.6) is 5.75 Å². The predicted octanol–water partition coefficient (Wildman–Crippen LogP) is 3.26. The summed E-state index contributed by atoms with van der Waals surface area (Å²) in [7, 11) is 0. The summed E-state index contributed by atoms with van der Waals surface area (Å²) in [6.07, 6.45) is 4.36. The number of rotatable bonds is 7. The van der Waals surface area contributed by atoms with Gasteiger partial charge in [-0.2, -0.15) is 0 Å². The van der Waals surface area contributed by atoms with Gasteiger partial charge in [-0.1, -0.05) is 32.9 Å². The third-order valence-corrected chi connectivity index (χ3v) is 2.46. The van der Waals surface area contributed by atoms with E-state index in [1.165, 1.54) is 0 Å². The number of benzene rings is 1. The van der Waals surface area contributed by atoms with Crippen LogP contribution in [0, 0.1) is 5.92 Å². The Labute approximate surface area is 115 Å². The largest absolute Gasteiger partial charge is 0.494 e. The van der Waals surface area contributed by atoms with Gasteiger partial charge in [0.05, 0.1) is 6.61 Å². The topological polar surface area (TPSA) is 38.3 Å². The number of hydrogen-bond acceptors (Lipinski definition) is 2. The van der Waals surface area contributed by atoms with Crippen LogP contribution in [0.1, 0.15) is 32.8 Å². The lowest BCUT2D eigenvalue weighted by Crippen LogP contribution is -2.25. The highest BCUT2D eigenvalue weighted by Crippen LogP contribution is 2.13. The number of carbonyl (C=O) groups excluding carboxylic acids is 1. The second-order valence-corrected chi connectivity index (χ2v) is 4.89. The van der Waals surface area contributed by atoms with E-state index in [4.69, 9.17) is 4.74 Å². The van der Waals surface area contributed by atoms with Gasteiger partial charge in [0.25, 0.3) is 0 Å². The van der Waals surface area contributed by atoms with Crippen molar-refractivity contribution in [3.8, 4) is 5.75 Å². The molecule has 1 rings (SSSR count).